The molecule has 0 heterocycles. The summed E-state index contributed by atoms with van der Waals surface area (Å²) < 4.78 is 12.0. The average Bonchev–Trinajstić information content (AvgIpc) is 2.71. The van der Waals surface area contributed by atoms with Crippen LogP contribution in [-0.4, -0.2) is 12.6 Å². The van der Waals surface area contributed by atoms with Gasteiger partial charge in [-0.2, -0.15) is 0 Å². The quantitative estimate of drug-likeness (QED) is 0.519. The van der Waals surface area contributed by atoms with E-state index in [0.717, 1.165) is 35.7 Å². The second kappa shape index (κ2) is 9.67. The van der Waals surface area contributed by atoms with Crippen LogP contribution in [-0.2, 0) is 6.61 Å². The van der Waals surface area contributed by atoms with Crippen LogP contribution in [0.5, 0.6) is 11.5 Å². The largest absolute Gasteiger partial charge is 0.489 e. The van der Waals surface area contributed by atoms with E-state index >= 15 is 0 Å². The van der Waals surface area contributed by atoms with Gasteiger partial charge in [-0.15, -0.1) is 0 Å². The van der Waals surface area contributed by atoms with Crippen molar-refractivity contribution in [2.45, 2.75) is 33.0 Å². The smallest absolute Gasteiger partial charge is 0.121 e. The summed E-state index contributed by atoms with van der Waals surface area (Å²) in [7, 11) is 0. The molecule has 3 nitrogen and oxygen atoms in total. The highest BCUT2D eigenvalue weighted by molar-refractivity contribution is 5.48. The Morgan fingerprint density at radius 3 is 2.41 bits per heavy atom. The third-order valence-corrected chi connectivity index (χ3v) is 4.36. The predicted octanol–water partition coefficient (Wildman–Crippen LogP) is 5.84. The van der Waals surface area contributed by atoms with Gasteiger partial charge in [-0.3, -0.25) is 0 Å². The van der Waals surface area contributed by atoms with E-state index in [0.29, 0.717) is 6.61 Å². The third-order valence-electron chi connectivity index (χ3n) is 4.36. The molecule has 0 amide bonds. The summed E-state index contributed by atoms with van der Waals surface area (Å²) in [6.45, 7) is 5.53. The summed E-state index contributed by atoms with van der Waals surface area (Å²) in [6.07, 6.45) is 1.05. The van der Waals surface area contributed by atoms with Gasteiger partial charge in [0.05, 0.1) is 6.54 Å². The molecule has 3 heteroatoms. The molecule has 140 valence electrons. The van der Waals surface area contributed by atoms with E-state index in [4.69, 9.17) is 9.47 Å². The van der Waals surface area contributed by atoms with E-state index in [1.807, 2.05) is 48.5 Å². The number of rotatable bonds is 9. The highest BCUT2D eigenvalue weighted by atomic mass is 16.5. The number of anilines is 1. The van der Waals surface area contributed by atoms with Crippen molar-refractivity contribution >= 4 is 5.69 Å². The number of nitrogens with one attached hydrogen (secondary N) is 1. The minimum atomic E-state index is 0.112. The fraction of sp³-hybridized carbons (Fsp3) is 0.250. The van der Waals surface area contributed by atoms with Gasteiger partial charge in [0, 0.05) is 11.8 Å². The van der Waals surface area contributed by atoms with Crippen molar-refractivity contribution in [3.05, 3.63) is 90.0 Å². The van der Waals surface area contributed by atoms with Crippen LogP contribution < -0.4 is 14.8 Å². The van der Waals surface area contributed by atoms with Crippen molar-refractivity contribution < 1.29 is 9.47 Å². The van der Waals surface area contributed by atoms with Gasteiger partial charge in [-0.25, -0.2) is 0 Å². The zero-order valence-corrected chi connectivity index (χ0v) is 16.0. The maximum atomic E-state index is 6.11. The molecule has 0 aliphatic rings. The minimum Gasteiger partial charge on any atom is -0.489 e. The molecule has 0 fully saturated rings. The standard InChI is InChI=1S/C24H27NO2/c1-3-22(27-24-14-7-9-19(2)15-24)17-25-21-12-8-13-23(16-21)26-18-20-10-5-4-6-11-20/h4-16,22,25H,3,17-18H2,1-2H3. The Morgan fingerprint density at radius 1 is 0.852 bits per heavy atom. The normalized spacial score (nSPS) is 11.6. The molecule has 0 saturated carbocycles. The molecule has 0 aromatic heterocycles. The second-order valence-electron chi connectivity index (χ2n) is 6.65. The first-order valence-electron chi connectivity index (χ1n) is 9.47. The lowest BCUT2D eigenvalue weighted by Crippen LogP contribution is -2.25. The zero-order valence-electron chi connectivity index (χ0n) is 16.0. The van der Waals surface area contributed by atoms with Gasteiger partial charge in [-0.05, 0) is 48.7 Å². The lowest BCUT2D eigenvalue weighted by Gasteiger charge is -2.19. The molecule has 3 aromatic carbocycles. The molecule has 0 aliphatic heterocycles. The first-order chi connectivity index (χ1) is 13.2. The van der Waals surface area contributed by atoms with E-state index in [-0.39, 0.29) is 6.10 Å². The SMILES string of the molecule is CCC(CNc1cccc(OCc2ccccc2)c1)Oc1cccc(C)c1. The summed E-state index contributed by atoms with van der Waals surface area (Å²) in [4.78, 5) is 0. The first-order valence-corrected chi connectivity index (χ1v) is 9.47. The molecular formula is C24H27NO2. The van der Waals surface area contributed by atoms with Crippen molar-refractivity contribution in [3.63, 3.8) is 0 Å². The van der Waals surface area contributed by atoms with Gasteiger partial charge in [0.1, 0.15) is 24.2 Å². The summed E-state index contributed by atoms with van der Waals surface area (Å²) in [5, 5.41) is 3.46. The van der Waals surface area contributed by atoms with Gasteiger partial charge in [-0.1, -0.05) is 55.5 Å². The Bertz CT molecular complexity index is 833. The Balaban J connectivity index is 1.53. The highest BCUT2D eigenvalue weighted by Crippen LogP contribution is 2.20. The van der Waals surface area contributed by atoms with Crippen LogP contribution in [0.2, 0.25) is 0 Å². The summed E-state index contributed by atoms with van der Waals surface area (Å²) in [5.41, 5.74) is 3.40. The van der Waals surface area contributed by atoms with Crippen molar-refractivity contribution in [2.75, 3.05) is 11.9 Å². The van der Waals surface area contributed by atoms with Gasteiger partial charge < -0.3 is 14.8 Å². The van der Waals surface area contributed by atoms with Crippen LogP contribution in [0.3, 0.4) is 0 Å². The monoisotopic (exact) mass is 361 g/mol. The maximum Gasteiger partial charge on any atom is 0.121 e. The van der Waals surface area contributed by atoms with Crippen molar-refractivity contribution in [2.24, 2.45) is 0 Å². The molecule has 1 N–H and O–H groups in total. The fourth-order valence-corrected chi connectivity index (χ4v) is 2.82. The Kier molecular flexibility index (Phi) is 6.75. The van der Waals surface area contributed by atoms with Gasteiger partial charge in [0.15, 0.2) is 0 Å². The van der Waals surface area contributed by atoms with Crippen molar-refractivity contribution in [1.82, 2.24) is 0 Å². The molecule has 1 unspecified atom stereocenters. The van der Waals surface area contributed by atoms with Crippen LogP contribution in [0.25, 0.3) is 0 Å². The van der Waals surface area contributed by atoms with Crippen LogP contribution in [0, 0.1) is 6.92 Å². The summed E-state index contributed by atoms with van der Waals surface area (Å²) in [5.74, 6) is 1.78. The number of aryl methyl sites for hydroxylation is 1. The second-order valence-corrected chi connectivity index (χ2v) is 6.65. The van der Waals surface area contributed by atoms with Gasteiger partial charge in [0.2, 0.25) is 0 Å². The molecule has 1 atom stereocenters. The predicted molar refractivity (Wildman–Crippen MR) is 112 cm³/mol. The molecule has 0 aliphatic carbocycles. The molecule has 0 saturated heterocycles. The van der Waals surface area contributed by atoms with Crippen LogP contribution in [0.4, 0.5) is 5.69 Å². The molecule has 0 radical (unpaired) electrons. The lowest BCUT2D eigenvalue weighted by molar-refractivity contribution is 0.210. The zero-order chi connectivity index (χ0) is 18.9. The van der Waals surface area contributed by atoms with Gasteiger partial charge in [0.25, 0.3) is 0 Å². The van der Waals surface area contributed by atoms with Crippen LogP contribution >= 0.6 is 0 Å². The number of ether oxygens (including phenoxy) is 2. The van der Waals surface area contributed by atoms with E-state index in [9.17, 15) is 0 Å². The Hall–Kier alpha value is -2.94. The van der Waals surface area contributed by atoms with Crippen LogP contribution in [0.15, 0.2) is 78.9 Å². The highest BCUT2D eigenvalue weighted by Gasteiger charge is 2.08. The first kappa shape index (κ1) is 18.8. The van der Waals surface area contributed by atoms with E-state index < -0.39 is 0 Å². The molecular weight excluding hydrogens is 334 g/mol. The minimum absolute atomic E-state index is 0.112. The lowest BCUT2D eigenvalue weighted by atomic mass is 10.2. The summed E-state index contributed by atoms with van der Waals surface area (Å²) >= 11 is 0. The average molecular weight is 361 g/mol. The molecule has 27 heavy (non-hydrogen) atoms. The number of benzene rings is 3. The van der Waals surface area contributed by atoms with Crippen molar-refractivity contribution in [3.8, 4) is 11.5 Å². The fourth-order valence-electron chi connectivity index (χ4n) is 2.82. The topological polar surface area (TPSA) is 30.5 Å². The van der Waals surface area contributed by atoms with Gasteiger partial charge >= 0.3 is 0 Å². The molecule has 0 spiro atoms. The third kappa shape index (κ3) is 6.07. The van der Waals surface area contributed by atoms with Crippen LogP contribution in [0.1, 0.15) is 24.5 Å². The number of hydrogen-bond acceptors (Lipinski definition) is 3. The Morgan fingerprint density at radius 2 is 1.63 bits per heavy atom. The Labute approximate surface area is 162 Å². The molecule has 3 aromatic rings. The molecule has 0 bridgehead atoms. The van der Waals surface area contributed by atoms with E-state index in [2.05, 4.69) is 49.5 Å². The number of hydrogen-bond donors (Lipinski definition) is 1. The van der Waals surface area contributed by atoms with E-state index in [1.165, 1.54) is 5.56 Å². The molecule has 3 rings (SSSR count). The van der Waals surface area contributed by atoms with Crippen molar-refractivity contribution in [1.29, 1.82) is 0 Å². The summed E-state index contributed by atoms with van der Waals surface area (Å²) in [6, 6.07) is 26.4. The maximum absolute atomic E-state index is 6.11. The van der Waals surface area contributed by atoms with E-state index in [1.54, 1.807) is 0 Å².